The van der Waals surface area contributed by atoms with Crippen molar-refractivity contribution in [2.75, 3.05) is 0 Å². The highest BCUT2D eigenvalue weighted by Gasteiger charge is 2.48. The average Bonchev–Trinajstić information content (AvgIpc) is 2.76. The van der Waals surface area contributed by atoms with Crippen molar-refractivity contribution < 1.29 is 19.1 Å². The van der Waals surface area contributed by atoms with Crippen LogP contribution < -0.4 is 4.74 Å². The molecule has 0 aromatic heterocycles. The third-order valence-electron chi connectivity index (χ3n) is 7.33. The van der Waals surface area contributed by atoms with Gasteiger partial charge in [0.2, 0.25) is 0 Å². The summed E-state index contributed by atoms with van der Waals surface area (Å²) < 4.78 is 12.7. The summed E-state index contributed by atoms with van der Waals surface area (Å²) in [6.07, 6.45) is 2.26. The highest BCUT2D eigenvalue weighted by Crippen LogP contribution is 2.54. The van der Waals surface area contributed by atoms with E-state index in [4.69, 9.17) is 9.47 Å². The molecule has 0 bridgehead atoms. The van der Waals surface area contributed by atoms with Crippen LogP contribution in [-0.4, -0.2) is 11.6 Å². The molecular weight excluding hydrogens is 436 g/mol. The number of ether oxygens (including phenoxy) is 2. The van der Waals surface area contributed by atoms with Gasteiger partial charge in [0.05, 0.1) is 5.92 Å². The Morgan fingerprint density at radius 2 is 1.34 bits per heavy atom. The van der Waals surface area contributed by atoms with Gasteiger partial charge in [-0.05, 0) is 29.4 Å². The van der Waals surface area contributed by atoms with E-state index < -0.39 is 5.92 Å². The highest BCUT2D eigenvalue weighted by atomic mass is 16.5. The molecule has 0 saturated carbocycles. The molecule has 5 rings (SSSR count). The van der Waals surface area contributed by atoms with Gasteiger partial charge in [-0.1, -0.05) is 75.7 Å². The van der Waals surface area contributed by atoms with Crippen molar-refractivity contribution >= 4 is 11.6 Å². The van der Waals surface area contributed by atoms with E-state index in [0.29, 0.717) is 49.2 Å². The zero-order chi connectivity index (χ0) is 25.0. The Morgan fingerprint density at radius 3 is 1.91 bits per heavy atom. The number of hydrogen-bond donors (Lipinski definition) is 0. The molecule has 35 heavy (non-hydrogen) atoms. The first-order valence-corrected chi connectivity index (χ1v) is 12.5. The fraction of sp³-hybridized carbons (Fsp3) is 0.419. The van der Waals surface area contributed by atoms with Gasteiger partial charge in [0.1, 0.15) is 23.9 Å². The third-order valence-corrected chi connectivity index (χ3v) is 7.33. The van der Waals surface area contributed by atoms with Crippen LogP contribution in [0.25, 0.3) is 0 Å². The lowest BCUT2D eigenvalue weighted by Crippen LogP contribution is -2.37. The number of carbonyl (C=O) groups is 2. The minimum absolute atomic E-state index is 0.0683. The Balaban J connectivity index is 1.60. The number of rotatable bonds is 4. The molecule has 4 nitrogen and oxygen atoms in total. The minimum Gasteiger partial charge on any atom is -0.489 e. The molecular formula is C31H34O4. The molecule has 0 atom stereocenters. The van der Waals surface area contributed by atoms with Gasteiger partial charge in [-0.15, -0.1) is 0 Å². The molecule has 4 heteroatoms. The third kappa shape index (κ3) is 4.59. The second-order valence-electron chi connectivity index (χ2n) is 11.9. The van der Waals surface area contributed by atoms with E-state index in [0.717, 1.165) is 22.6 Å². The van der Waals surface area contributed by atoms with Crippen LogP contribution >= 0.6 is 0 Å². The van der Waals surface area contributed by atoms with E-state index in [2.05, 4.69) is 58.9 Å². The monoisotopic (exact) mass is 470 g/mol. The standard InChI is InChI=1S/C31H34O4/c1-19-10-12-20(13-11-19)18-34-24-9-7-6-8-21(24)27-28-22(32)14-30(2,3)16-25(28)35-26-17-31(4,5)15-23(33)29(26)27/h6-13,27H,14-18H2,1-5H3. The number of Topliss-reactive ketones (excluding diaryl/α,β-unsaturated/α-hetero) is 2. The number of para-hydroxylation sites is 1. The normalized spacial score (nSPS) is 21.4. The molecule has 0 N–H and O–H groups in total. The Kier molecular flexibility index (Phi) is 5.74. The SMILES string of the molecule is Cc1ccc(COc2ccccc2C2C3=C(CC(C)(C)CC3=O)OC3=C2C(=O)CC(C)(C)C3)cc1. The van der Waals surface area contributed by atoms with E-state index in [1.54, 1.807) is 0 Å². The van der Waals surface area contributed by atoms with Crippen LogP contribution in [0, 0.1) is 17.8 Å². The second kappa shape index (κ2) is 8.51. The molecule has 182 valence electrons. The second-order valence-corrected chi connectivity index (χ2v) is 11.9. The Labute approximate surface area is 208 Å². The molecule has 2 aliphatic carbocycles. The first kappa shape index (κ1) is 23.6. The van der Waals surface area contributed by atoms with E-state index in [1.165, 1.54) is 5.56 Å². The van der Waals surface area contributed by atoms with Crippen molar-refractivity contribution in [1.29, 1.82) is 0 Å². The van der Waals surface area contributed by atoms with E-state index in [9.17, 15) is 9.59 Å². The molecule has 3 aliphatic rings. The summed E-state index contributed by atoms with van der Waals surface area (Å²) in [6.45, 7) is 10.9. The number of ketones is 2. The van der Waals surface area contributed by atoms with Crippen molar-refractivity contribution in [2.24, 2.45) is 10.8 Å². The van der Waals surface area contributed by atoms with Crippen LogP contribution in [0.1, 0.15) is 76.0 Å². The topological polar surface area (TPSA) is 52.6 Å². The van der Waals surface area contributed by atoms with Gasteiger partial charge in [0, 0.05) is 42.4 Å². The van der Waals surface area contributed by atoms with E-state index >= 15 is 0 Å². The van der Waals surface area contributed by atoms with Crippen molar-refractivity contribution in [1.82, 2.24) is 0 Å². The fourth-order valence-electron chi connectivity index (χ4n) is 5.68. The molecule has 1 heterocycles. The van der Waals surface area contributed by atoms with Crippen LogP contribution in [0.5, 0.6) is 5.75 Å². The first-order valence-electron chi connectivity index (χ1n) is 12.5. The summed E-state index contributed by atoms with van der Waals surface area (Å²) in [5, 5.41) is 0. The lowest BCUT2D eigenvalue weighted by Gasteiger charge is -2.43. The van der Waals surface area contributed by atoms with Crippen molar-refractivity contribution in [3.05, 3.63) is 87.9 Å². The maximum absolute atomic E-state index is 13.5. The number of hydrogen-bond acceptors (Lipinski definition) is 4. The minimum atomic E-state index is -0.449. The predicted molar refractivity (Wildman–Crippen MR) is 136 cm³/mol. The van der Waals surface area contributed by atoms with Gasteiger partial charge >= 0.3 is 0 Å². The predicted octanol–water partition coefficient (Wildman–Crippen LogP) is 6.97. The summed E-state index contributed by atoms with van der Waals surface area (Å²) in [4.78, 5) is 27.1. The van der Waals surface area contributed by atoms with Crippen LogP contribution in [0.15, 0.2) is 71.2 Å². The zero-order valence-corrected chi connectivity index (χ0v) is 21.4. The van der Waals surface area contributed by atoms with Crippen LogP contribution in [0.3, 0.4) is 0 Å². The smallest absolute Gasteiger partial charge is 0.163 e. The van der Waals surface area contributed by atoms with Gasteiger partial charge < -0.3 is 9.47 Å². The molecule has 0 radical (unpaired) electrons. The molecule has 0 unspecified atom stereocenters. The largest absolute Gasteiger partial charge is 0.489 e. The molecule has 0 spiro atoms. The summed E-state index contributed by atoms with van der Waals surface area (Å²) >= 11 is 0. The van der Waals surface area contributed by atoms with Gasteiger partial charge in [-0.2, -0.15) is 0 Å². The van der Waals surface area contributed by atoms with Crippen molar-refractivity contribution in [2.45, 2.75) is 72.8 Å². The van der Waals surface area contributed by atoms with Crippen molar-refractivity contribution in [3.8, 4) is 5.75 Å². The molecule has 0 amide bonds. The van der Waals surface area contributed by atoms with Gasteiger partial charge in [-0.25, -0.2) is 0 Å². The average molecular weight is 471 g/mol. The Hall–Kier alpha value is -3.14. The molecule has 2 aromatic carbocycles. The number of aryl methyl sites for hydroxylation is 1. The van der Waals surface area contributed by atoms with Crippen molar-refractivity contribution in [3.63, 3.8) is 0 Å². The van der Waals surface area contributed by atoms with Crippen LogP contribution in [0.2, 0.25) is 0 Å². The molecule has 2 aromatic rings. The first-order chi connectivity index (χ1) is 16.5. The fourth-order valence-corrected chi connectivity index (χ4v) is 5.68. The molecule has 1 aliphatic heterocycles. The van der Waals surface area contributed by atoms with E-state index in [1.807, 2.05) is 24.3 Å². The lowest BCUT2D eigenvalue weighted by molar-refractivity contribution is -0.120. The molecule has 0 saturated heterocycles. The molecule has 0 fully saturated rings. The van der Waals surface area contributed by atoms with Gasteiger partial charge in [0.15, 0.2) is 11.6 Å². The quantitative estimate of drug-likeness (QED) is 0.484. The van der Waals surface area contributed by atoms with Gasteiger partial charge in [0.25, 0.3) is 0 Å². The Morgan fingerprint density at radius 1 is 0.800 bits per heavy atom. The highest BCUT2D eigenvalue weighted by molar-refractivity contribution is 6.06. The summed E-state index contributed by atoms with van der Waals surface area (Å²) in [6, 6.07) is 16.1. The zero-order valence-electron chi connectivity index (χ0n) is 21.4. The number of allylic oxidation sites excluding steroid dienone is 4. The maximum atomic E-state index is 13.5. The maximum Gasteiger partial charge on any atom is 0.163 e. The number of benzene rings is 2. The number of carbonyl (C=O) groups excluding carboxylic acids is 2. The van der Waals surface area contributed by atoms with Gasteiger partial charge in [-0.3, -0.25) is 9.59 Å². The lowest BCUT2D eigenvalue weighted by atomic mass is 9.65. The van der Waals surface area contributed by atoms with E-state index in [-0.39, 0.29) is 22.4 Å². The summed E-state index contributed by atoms with van der Waals surface area (Å²) in [5.41, 5.74) is 4.08. The van der Waals surface area contributed by atoms with Crippen LogP contribution in [-0.2, 0) is 20.9 Å². The Bertz CT molecular complexity index is 1210. The van der Waals surface area contributed by atoms with Crippen LogP contribution in [0.4, 0.5) is 0 Å². The summed E-state index contributed by atoms with van der Waals surface area (Å²) in [7, 11) is 0. The summed E-state index contributed by atoms with van der Waals surface area (Å²) in [5.74, 6) is 1.85.